The number of carbonyl (C=O) groups excluding carboxylic acids is 1. The van der Waals surface area contributed by atoms with Crippen molar-refractivity contribution in [3.8, 4) is 0 Å². The molecule has 1 aliphatic heterocycles. The third kappa shape index (κ3) is 2.55. The summed E-state index contributed by atoms with van der Waals surface area (Å²) in [5.74, 6) is 0.369. The van der Waals surface area contributed by atoms with E-state index >= 15 is 0 Å². The molecule has 1 N–H and O–H groups in total. The van der Waals surface area contributed by atoms with Crippen LogP contribution in [0.1, 0.15) is 25.7 Å². The molecular weight excluding hydrogens is 206 g/mol. The molecule has 1 unspecified atom stereocenters. The molecule has 0 spiro atoms. The zero-order valence-electron chi connectivity index (χ0n) is 9.95. The van der Waals surface area contributed by atoms with E-state index in [1.807, 2.05) is 4.90 Å². The third-order valence-corrected chi connectivity index (χ3v) is 3.87. The van der Waals surface area contributed by atoms with Gasteiger partial charge < -0.3 is 14.7 Å². The lowest BCUT2D eigenvalue weighted by Crippen LogP contribution is -2.32. The molecule has 2 fully saturated rings. The molecule has 1 saturated carbocycles. The number of ether oxygens (including phenoxy) is 1. The SMILES string of the molecule is COCCC1(CN2CC(CO)CC2=O)CC1. The van der Waals surface area contributed by atoms with Crippen molar-refractivity contribution in [1.29, 1.82) is 0 Å². The summed E-state index contributed by atoms with van der Waals surface area (Å²) in [7, 11) is 1.72. The average molecular weight is 227 g/mol. The van der Waals surface area contributed by atoms with Crippen molar-refractivity contribution >= 4 is 5.91 Å². The first-order valence-electron chi connectivity index (χ1n) is 6.07. The van der Waals surface area contributed by atoms with Crippen LogP contribution in [0.2, 0.25) is 0 Å². The number of aliphatic hydroxyl groups is 1. The maximum Gasteiger partial charge on any atom is 0.223 e. The molecule has 2 rings (SSSR count). The highest BCUT2D eigenvalue weighted by atomic mass is 16.5. The molecule has 92 valence electrons. The van der Waals surface area contributed by atoms with Crippen molar-refractivity contribution in [1.82, 2.24) is 4.90 Å². The van der Waals surface area contributed by atoms with Gasteiger partial charge in [-0.1, -0.05) is 0 Å². The van der Waals surface area contributed by atoms with Crippen molar-refractivity contribution in [2.75, 3.05) is 33.4 Å². The van der Waals surface area contributed by atoms with Crippen molar-refractivity contribution in [3.63, 3.8) is 0 Å². The van der Waals surface area contributed by atoms with Gasteiger partial charge in [-0.05, 0) is 24.7 Å². The fraction of sp³-hybridized carbons (Fsp3) is 0.917. The molecule has 1 amide bonds. The van der Waals surface area contributed by atoms with E-state index in [9.17, 15) is 4.79 Å². The van der Waals surface area contributed by atoms with E-state index in [4.69, 9.17) is 9.84 Å². The molecular formula is C12H21NO3. The Morgan fingerprint density at radius 2 is 2.31 bits per heavy atom. The summed E-state index contributed by atoms with van der Waals surface area (Å²) in [5.41, 5.74) is 0.329. The number of methoxy groups -OCH3 is 1. The normalized spacial score (nSPS) is 27.5. The lowest BCUT2D eigenvalue weighted by atomic mass is 10.0. The lowest BCUT2D eigenvalue weighted by Gasteiger charge is -2.23. The number of nitrogens with zero attached hydrogens (tertiary/aromatic N) is 1. The maximum absolute atomic E-state index is 11.7. The van der Waals surface area contributed by atoms with E-state index < -0.39 is 0 Å². The van der Waals surface area contributed by atoms with Gasteiger partial charge in [0.1, 0.15) is 0 Å². The van der Waals surface area contributed by atoms with Gasteiger partial charge in [-0.15, -0.1) is 0 Å². The maximum atomic E-state index is 11.7. The highest BCUT2D eigenvalue weighted by Crippen LogP contribution is 2.49. The van der Waals surface area contributed by atoms with E-state index in [0.29, 0.717) is 11.8 Å². The Balaban J connectivity index is 1.83. The van der Waals surface area contributed by atoms with Crippen molar-refractivity contribution in [3.05, 3.63) is 0 Å². The number of rotatable bonds is 6. The molecule has 16 heavy (non-hydrogen) atoms. The van der Waals surface area contributed by atoms with Crippen LogP contribution >= 0.6 is 0 Å². The Kier molecular flexibility index (Phi) is 3.50. The summed E-state index contributed by atoms with van der Waals surface area (Å²) in [5, 5.41) is 9.06. The van der Waals surface area contributed by atoms with Gasteiger partial charge in [0.2, 0.25) is 5.91 Å². The van der Waals surface area contributed by atoms with Crippen LogP contribution in [0.5, 0.6) is 0 Å². The fourth-order valence-corrected chi connectivity index (χ4v) is 2.52. The second kappa shape index (κ2) is 4.72. The summed E-state index contributed by atoms with van der Waals surface area (Å²) in [6, 6.07) is 0. The Morgan fingerprint density at radius 1 is 1.56 bits per heavy atom. The summed E-state index contributed by atoms with van der Waals surface area (Å²) >= 11 is 0. The molecule has 0 bridgehead atoms. The Morgan fingerprint density at radius 3 is 2.81 bits per heavy atom. The summed E-state index contributed by atoms with van der Waals surface area (Å²) in [6.45, 7) is 2.52. The van der Waals surface area contributed by atoms with E-state index in [-0.39, 0.29) is 18.4 Å². The second-order valence-electron chi connectivity index (χ2n) is 5.27. The van der Waals surface area contributed by atoms with Crippen LogP contribution in [-0.4, -0.2) is 49.3 Å². The molecule has 1 heterocycles. The fourth-order valence-electron chi connectivity index (χ4n) is 2.52. The number of hydrogen-bond acceptors (Lipinski definition) is 3. The predicted molar refractivity (Wildman–Crippen MR) is 59.9 cm³/mol. The van der Waals surface area contributed by atoms with Crippen LogP contribution in [0.4, 0.5) is 0 Å². The topological polar surface area (TPSA) is 49.8 Å². The molecule has 4 heteroatoms. The van der Waals surface area contributed by atoms with Crippen LogP contribution in [0.3, 0.4) is 0 Å². The first-order chi connectivity index (χ1) is 7.69. The number of carbonyl (C=O) groups is 1. The molecule has 1 saturated heterocycles. The molecule has 1 aliphatic carbocycles. The van der Waals surface area contributed by atoms with Gasteiger partial charge in [0.05, 0.1) is 0 Å². The van der Waals surface area contributed by atoms with Crippen LogP contribution in [0.25, 0.3) is 0 Å². The van der Waals surface area contributed by atoms with Gasteiger partial charge in [-0.2, -0.15) is 0 Å². The van der Waals surface area contributed by atoms with Gasteiger partial charge in [0, 0.05) is 45.8 Å². The quantitative estimate of drug-likeness (QED) is 0.724. The first-order valence-corrected chi connectivity index (χ1v) is 6.07. The Bertz CT molecular complexity index is 263. The van der Waals surface area contributed by atoms with Gasteiger partial charge in [0.15, 0.2) is 0 Å². The first kappa shape index (κ1) is 11.9. The number of hydrogen-bond donors (Lipinski definition) is 1. The second-order valence-corrected chi connectivity index (χ2v) is 5.27. The molecule has 1 atom stereocenters. The van der Waals surface area contributed by atoms with Gasteiger partial charge in [-0.25, -0.2) is 0 Å². The minimum absolute atomic E-state index is 0.132. The Labute approximate surface area is 96.6 Å². The summed E-state index contributed by atoms with van der Waals surface area (Å²) in [4.78, 5) is 13.6. The van der Waals surface area contributed by atoms with Gasteiger partial charge in [0.25, 0.3) is 0 Å². The Hall–Kier alpha value is -0.610. The zero-order valence-corrected chi connectivity index (χ0v) is 9.95. The highest BCUT2D eigenvalue weighted by molar-refractivity contribution is 5.78. The minimum atomic E-state index is 0.132. The van der Waals surface area contributed by atoms with Crippen LogP contribution in [-0.2, 0) is 9.53 Å². The summed E-state index contributed by atoms with van der Waals surface area (Å²) in [6.07, 6.45) is 4.00. The monoisotopic (exact) mass is 227 g/mol. The molecule has 2 aliphatic rings. The van der Waals surface area contributed by atoms with Crippen molar-refractivity contribution < 1.29 is 14.6 Å². The van der Waals surface area contributed by atoms with Crippen molar-refractivity contribution in [2.24, 2.45) is 11.3 Å². The van der Waals surface area contributed by atoms with E-state index in [0.717, 1.165) is 26.1 Å². The minimum Gasteiger partial charge on any atom is -0.396 e. The van der Waals surface area contributed by atoms with E-state index in [2.05, 4.69) is 0 Å². The molecule has 0 radical (unpaired) electrons. The molecule has 0 aromatic heterocycles. The van der Waals surface area contributed by atoms with E-state index in [1.165, 1.54) is 12.8 Å². The van der Waals surface area contributed by atoms with Gasteiger partial charge >= 0.3 is 0 Å². The zero-order chi connectivity index (χ0) is 11.6. The summed E-state index contributed by atoms with van der Waals surface area (Å²) < 4.78 is 5.11. The number of amides is 1. The largest absolute Gasteiger partial charge is 0.396 e. The lowest BCUT2D eigenvalue weighted by molar-refractivity contribution is -0.128. The third-order valence-electron chi connectivity index (χ3n) is 3.87. The number of aliphatic hydroxyl groups excluding tert-OH is 1. The van der Waals surface area contributed by atoms with E-state index in [1.54, 1.807) is 7.11 Å². The smallest absolute Gasteiger partial charge is 0.223 e. The molecule has 0 aromatic rings. The van der Waals surface area contributed by atoms with Crippen molar-refractivity contribution in [2.45, 2.75) is 25.7 Å². The highest BCUT2D eigenvalue weighted by Gasteiger charge is 2.45. The van der Waals surface area contributed by atoms with Crippen LogP contribution in [0, 0.1) is 11.3 Å². The van der Waals surface area contributed by atoms with Gasteiger partial charge in [-0.3, -0.25) is 4.79 Å². The average Bonchev–Trinajstić information content (AvgIpc) is 2.95. The standard InChI is InChI=1S/C12H21NO3/c1-16-5-4-12(2-3-12)9-13-7-10(8-14)6-11(13)15/h10,14H,2-9H2,1H3. The van der Waals surface area contributed by atoms with Crippen LogP contribution < -0.4 is 0 Å². The molecule has 0 aromatic carbocycles. The predicted octanol–water partition coefficient (Wildman–Crippen LogP) is 0.644. The number of likely N-dealkylation sites (tertiary alicyclic amines) is 1. The van der Waals surface area contributed by atoms with Crippen LogP contribution in [0.15, 0.2) is 0 Å². The molecule has 4 nitrogen and oxygen atoms in total.